The number of aliphatic hydroxyl groups excluding tert-OH is 1. The molecule has 15 heavy (non-hydrogen) atoms. The minimum atomic E-state index is 0.203. The predicted octanol–water partition coefficient (Wildman–Crippen LogP) is 2.37. The van der Waals surface area contributed by atoms with Gasteiger partial charge in [-0.3, -0.25) is 0 Å². The lowest BCUT2D eigenvalue weighted by atomic mass is 10.2. The monoisotopic (exact) mass is 290 g/mol. The van der Waals surface area contributed by atoms with Crippen LogP contribution in [0, 0.1) is 0 Å². The van der Waals surface area contributed by atoms with Gasteiger partial charge >= 0.3 is 0 Å². The molecule has 0 spiro atoms. The summed E-state index contributed by atoms with van der Waals surface area (Å²) in [6.45, 7) is 0.203. The zero-order valence-corrected chi connectivity index (χ0v) is 11.0. The number of nitrogens with one attached hydrogen (secondary N) is 1. The Morgan fingerprint density at radius 3 is 2.93 bits per heavy atom. The van der Waals surface area contributed by atoms with Gasteiger partial charge in [0.15, 0.2) is 0 Å². The summed E-state index contributed by atoms with van der Waals surface area (Å²) in [6, 6.07) is 4.15. The standard InChI is InChI=1S/C10H15BrN2OS/c1-15-7-9(4-5-14)13-10-3-2-8(11)6-12-10/h2-3,6,9,14H,4-5,7H2,1H3,(H,12,13)/t9-/m1/s1. The van der Waals surface area contributed by atoms with Gasteiger partial charge in [0, 0.05) is 29.1 Å². The molecule has 0 amide bonds. The van der Waals surface area contributed by atoms with Crippen LogP contribution in [0.5, 0.6) is 0 Å². The molecule has 84 valence electrons. The summed E-state index contributed by atoms with van der Waals surface area (Å²) in [4.78, 5) is 4.23. The van der Waals surface area contributed by atoms with Crippen molar-refractivity contribution in [2.75, 3.05) is 23.9 Å². The SMILES string of the molecule is CSC[C@@H](CCO)Nc1ccc(Br)cn1. The van der Waals surface area contributed by atoms with Crippen LogP contribution in [0.2, 0.25) is 0 Å². The number of anilines is 1. The summed E-state index contributed by atoms with van der Waals surface area (Å²) in [7, 11) is 0. The van der Waals surface area contributed by atoms with Crippen LogP contribution in [0.25, 0.3) is 0 Å². The molecule has 0 fully saturated rings. The molecule has 1 heterocycles. The van der Waals surface area contributed by atoms with Gasteiger partial charge < -0.3 is 10.4 Å². The summed E-state index contributed by atoms with van der Waals surface area (Å²) in [5, 5.41) is 12.2. The number of halogens is 1. The van der Waals surface area contributed by atoms with E-state index in [2.05, 4.69) is 32.5 Å². The lowest BCUT2D eigenvalue weighted by Crippen LogP contribution is -2.24. The zero-order chi connectivity index (χ0) is 11.1. The van der Waals surface area contributed by atoms with Crippen molar-refractivity contribution in [3.8, 4) is 0 Å². The van der Waals surface area contributed by atoms with E-state index in [0.717, 1.165) is 22.5 Å². The fourth-order valence-corrected chi connectivity index (χ4v) is 2.11. The van der Waals surface area contributed by atoms with Gasteiger partial charge in [-0.2, -0.15) is 11.8 Å². The first kappa shape index (κ1) is 12.8. The number of aromatic nitrogens is 1. The van der Waals surface area contributed by atoms with Crippen molar-refractivity contribution in [1.29, 1.82) is 0 Å². The fraction of sp³-hybridized carbons (Fsp3) is 0.500. The van der Waals surface area contributed by atoms with E-state index in [-0.39, 0.29) is 12.6 Å². The molecular formula is C10H15BrN2OS. The Morgan fingerprint density at radius 2 is 2.40 bits per heavy atom. The highest BCUT2D eigenvalue weighted by molar-refractivity contribution is 9.10. The molecule has 1 rings (SSSR count). The van der Waals surface area contributed by atoms with Crippen LogP contribution >= 0.6 is 27.7 Å². The Hall–Kier alpha value is -0.260. The van der Waals surface area contributed by atoms with E-state index in [9.17, 15) is 0 Å². The Balaban J connectivity index is 2.53. The lowest BCUT2D eigenvalue weighted by molar-refractivity contribution is 0.282. The normalized spacial score (nSPS) is 12.5. The highest BCUT2D eigenvalue weighted by Gasteiger charge is 2.07. The first-order chi connectivity index (χ1) is 7.26. The van der Waals surface area contributed by atoms with Crippen LogP contribution in [0.4, 0.5) is 5.82 Å². The van der Waals surface area contributed by atoms with Crippen molar-refractivity contribution in [1.82, 2.24) is 4.98 Å². The minimum absolute atomic E-state index is 0.203. The highest BCUT2D eigenvalue weighted by Crippen LogP contribution is 2.13. The van der Waals surface area contributed by atoms with Crippen molar-refractivity contribution < 1.29 is 5.11 Å². The Morgan fingerprint density at radius 1 is 1.60 bits per heavy atom. The third kappa shape index (κ3) is 4.86. The van der Waals surface area contributed by atoms with Crippen LogP contribution in [0.1, 0.15) is 6.42 Å². The molecular weight excluding hydrogens is 276 g/mol. The molecule has 2 N–H and O–H groups in total. The number of hydrogen-bond acceptors (Lipinski definition) is 4. The van der Waals surface area contributed by atoms with Gasteiger partial charge in [-0.05, 0) is 40.7 Å². The van der Waals surface area contributed by atoms with E-state index >= 15 is 0 Å². The quantitative estimate of drug-likeness (QED) is 0.844. The zero-order valence-electron chi connectivity index (χ0n) is 8.61. The van der Waals surface area contributed by atoms with Crippen LogP contribution in [-0.2, 0) is 0 Å². The number of hydrogen-bond donors (Lipinski definition) is 2. The van der Waals surface area contributed by atoms with Crippen molar-refractivity contribution in [2.45, 2.75) is 12.5 Å². The molecule has 0 radical (unpaired) electrons. The first-order valence-corrected chi connectivity index (χ1v) is 6.93. The Kier molecular flexibility index (Phi) is 6.05. The minimum Gasteiger partial charge on any atom is -0.396 e. The van der Waals surface area contributed by atoms with Crippen LogP contribution < -0.4 is 5.32 Å². The average Bonchev–Trinajstić information content (AvgIpc) is 2.22. The second kappa shape index (κ2) is 7.09. The average molecular weight is 291 g/mol. The molecule has 3 nitrogen and oxygen atoms in total. The molecule has 0 unspecified atom stereocenters. The summed E-state index contributed by atoms with van der Waals surface area (Å²) >= 11 is 5.10. The third-order valence-electron chi connectivity index (χ3n) is 1.92. The number of aliphatic hydroxyl groups is 1. The van der Waals surface area contributed by atoms with Crippen molar-refractivity contribution in [3.05, 3.63) is 22.8 Å². The molecule has 0 aliphatic rings. The summed E-state index contributed by atoms with van der Waals surface area (Å²) in [5.74, 6) is 1.82. The van der Waals surface area contributed by atoms with Crippen LogP contribution in [0.3, 0.4) is 0 Å². The molecule has 1 atom stereocenters. The first-order valence-electron chi connectivity index (χ1n) is 4.74. The van der Waals surface area contributed by atoms with Gasteiger partial charge in [-0.15, -0.1) is 0 Å². The van der Waals surface area contributed by atoms with E-state index in [4.69, 9.17) is 5.11 Å². The number of rotatable bonds is 6. The summed E-state index contributed by atoms with van der Waals surface area (Å²) in [6.07, 6.45) is 4.57. The molecule has 0 aliphatic carbocycles. The molecule has 0 saturated carbocycles. The second-order valence-corrected chi connectivity index (χ2v) is 5.00. The molecule has 1 aromatic rings. The number of pyridine rings is 1. The van der Waals surface area contributed by atoms with Crippen molar-refractivity contribution in [2.24, 2.45) is 0 Å². The maximum Gasteiger partial charge on any atom is 0.126 e. The Bertz CT molecular complexity index is 275. The van der Waals surface area contributed by atoms with E-state index in [1.165, 1.54) is 0 Å². The molecule has 0 saturated heterocycles. The van der Waals surface area contributed by atoms with Crippen LogP contribution in [0.15, 0.2) is 22.8 Å². The fourth-order valence-electron chi connectivity index (χ4n) is 1.22. The maximum atomic E-state index is 8.91. The smallest absolute Gasteiger partial charge is 0.126 e. The second-order valence-electron chi connectivity index (χ2n) is 3.17. The highest BCUT2D eigenvalue weighted by atomic mass is 79.9. The number of thioether (sulfide) groups is 1. The third-order valence-corrected chi connectivity index (χ3v) is 3.13. The van der Waals surface area contributed by atoms with Crippen LogP contribution in [-0.4, -0.2) is 34.7 Å². The van der Waals surface area contributed by atoms with E-state index < -0.39 is 0 Å². The van der Waals surface area contributed by atoms with Crippen molar-refractivity contribution in [3.63, 3.8) is 0 Å². The largest absolute Gasteiger partial charge is 0.396 e. The van der Waals surface area contributed by atoms with E-state index in [0.29, 0.717) is 0 Å². The lowest BCUT2D eigenvalue weighted by Gasteiger charge is -2.17. The van der Waals surface area contributed by atoms with Gasteiger partial charge in [0.1, 0.15) is 5.82 Å². The summed E-state index contributed by atoms with van der Waals surface area (Å²) < 4.78 is 0.969. The Labute approximate surface area is 103 Å². The van der Waals surface area contributed by atoms with E-state index in [1.807, 2.05) is 12.1 Å². The van der Waals surface area contributed by atoms with Gasteiger partial charge in [-0.25, -0.2) is 4.98 Å². The van der Waals surface area contributed by atoms with Gasteiger partial charge in [0.25, 0.3) is 0 Å². The predicted molar refractivity (Wildman–Crippen MR) is 69.4 cm³/mol. The topological polar surface area (TPSA) is 45.1 Å². The molecule has 1 aromatic heterocycles. The molecule has 5 heteroatoms. The van der Waals surface area contributed by atoms with Gasteiger partial charge in [0.05, 0.1) is 0 Å². The molecule has 0 bridgehead atoms. The van der Waals surface area contributed by atoms with E-state index in [1.54, 1.807) is 18.0 Å². The molecule has 0 aliphatic heterocycles. The number of nitrogens with zero attached hydrogens (tertiary/aromatic N) is 1. The maximum absolute atomic E-state index is 8.91. The van der Waals surface area contributed by atoms with Gasteiger partial charge in [-0.1, -0.05) is 0 Å². The summed E-state index contributed by atoms with van der Waals surface area (Å²) in [5.41, 5.74) is 0. The van der Waals surface area contributed by atoms with Crippen molar-refractivity contribution >= 4 is 33.5 Å². The van der Waals surface area contributed by atoms with Gasteiger partial charge in [0.2, 0.25) is 0 Å². The molecule has 0 aromatic carbocycles.